The van der Waals surface area contributed by atoms with Gasteiger partial charge in [0.05, 0.1) is 11.5 Å². The third-order valence-electron chi connectivity index (χ3n) is 4.17. The summed E-state index contributed by atoms with van der Waals surface area (Å²) in [4.78, 5) is 0. The molecule has 1 aromatic rings. The molecule has 3 rings (SSSR count). The van der Waals surface area contributed by atoms with E-state index >= 15 is 0 Å². The molecule has 0 radical (unpaired) electrons. The standard InChI is InChI=1S/C15H19ClO/c1-10-7-8-17-15(10)14(16)13-6-5-11-3-2-4-12(11)9-13/h5-6,9-10,14-15H,2-4,7-8H2,1H3. The molecule has 2 heteroatoms. The predicted octanol–water partition coefficient (Wildman–Crippen LogP) is 3.88. The minimum atomic E-state index is 0.0124. The topological polar surface area (TPSA) is 9.23 Å². The zero-order valence-corrected chi connectivity index (χ0v) is 11.0. The van der Waals surface area contributed by atoms with E-state index in [1.165, 1.54) is 36.0 Å². The molecule has 1 heterocycles. The first-order valence-electron chi connectivity index (χ1n) is 6.63. The van der Waals surface area contributed by atoms with E-state index in [9.17, 15) is 0 Å². The van der Waals surface area contributed by atoms with E-state index in [-0.39, 0.29) is 11.5 Å². The van der Waals surface area contributed by atoms with Gasteiger partial charge in [-0.25, -0.2) is 0 Å². The number of benzene rings is 1. The van der Waals surface area contributed by atoms with Gasteiger partial charge in [0.1, 0.15) is 0 Å². The van der Waals surface area contributed by atoms with Crippen LogP contribution in [0.1, 0.15) is 41.8 Å². The van der Waals surface area contributed by atoms with Gasteiger partial charge in [0, 0.05) is 6.61 Å². The zero-order chi connectivity index (χ0) is 11.8. The zero-order valence-electron chi connectivity index (χ0n) is 10.3. The highest BCUT2D eigenvalue weighted by Crippen LogP contribution is 2.37. The van der Waals surface area contributed by atoms with Gasteiger partial charge in [-0.2, -0.15) is 0 Å². The number of ether oxygens (including phenoxy) is 1. The number of halogens is 1. The Morgan fingerprint density at radius 3 is 2.88 bits per heavy atom. The smallest absolute Gasteiger partial charge is 0.0850 e. The maximum atomic E-state index is 6.58. The normalized spacial score (nSPS) is 29.3. The van der Waals surface area contributed by atoms with Gasteiger partial charge in [-0.1, -0.05) is 25.1 Å². The van der Waals surface area contributed by atoms with Crippen LogP contribution in [0, 0.1) is 5.92 Å². The molecule has 0 aromatic heterocycles. The monoisotopic (exact) mass is 250 g/mol. The summed E-state index contributed by atoms with van der Waals surface area (Å²) in [5.74, 6) is 0.575. The SMILES string of the molecule is CC1CCOC1C(Cl)c1ccc2c(c1)CCC2. The van der Waals surface area contributed by atoms with E-state index in [1.807, 2.05) is 0 Å². The summed E-state index contributed by atoms with van der Waals surface area (Å²) in [6.07, 6.45) is 5.07. The van der Waals surface area contributed by atoms with Crippen molar-refractivity contribution in [2.75, 3.05) is 6.61 Å². The van der Waals surface area contributed by atoms with Crippen LogP contribution in [0.3, 0.4) is 0 Å². The molecule has 0 spiro atoms. The van der Waals surface area contributed by atoms with Crippen LogP contribution in [0.15, 0.2) is 18.2 Å². The molecule has 2 aliphatic rings. The van der Waals surface area contributed by atoms with Gasteiger partial charge >= 0.3 is 0 Å². The fourth-order valence-corrected chi connectivity index (χ4v) is 3.50. The average molecular weight is 251 g/mol. The molecule has 1 aliphatic heterocycles. The molecule has 1 aliphatic carbocycles. The van der Waals surface area contributed by atoms with Crippen LogP contribution in [-0.4, -0.2) is 12.7 Å². The van der Waals surface area contributed by atoms with Crippen molar-refractivity contribution in [1.82, 2.24) is 0 Å². The Labute approximate surface area is 108 Å². The van der Waals surface area contributed by atoms with Crippen LogP contribution < -0.4 is 0 Å². The van der Waals surface area contributed by atoms with Crippen LogP contribution in [-0.2, 0) is 17.6 Å². The van der Waals surface area contributed by atoms with Gasteiger partial charge in [-0.05, 0) is 48.3 Å². The molecule has 0 bridgehead atoms. The maximum Gasteiger partial charge on any atom is 0.0850 e. The van der Waals surface area contributed by atoms with Crippen molar-refractivity contribution >= 4 is 11.6 Å². The molecule has 0 N–H and O–H groups in total. The summed E-state index contributed by atoms with van der Waals surface area (Å²) in [5.41, 5.74) is 4.25. The van der Waals surface area contributed by atoms with E-state index in [2.05, 4.69) is 25.1 Å². The van der Waals surface area contributed by atoms with Crippen LogP contribution in [0.4, 0.5) is 0 Å². The molecule has 1 nitrogen and oxygen atoms in total. The van der Waals surface area contributed by atoms with E-state index in [4.69, 9.17) is 16.3 Å². The molecule has 3 atom stereocenters. The van der Waals surface area contributed by atoms with Gasteiger partial charge in [0.15, 0.2) is 0 Å². The molecular weight excluding hydrogens is 232 g/mol. The highest BCUT2D eigenvalue weighted by molar-refractivity contribution is 6.21. The second-order valence-corrected chi connectivity index (χ2v) is 5.86. The first kappa shape index (κ1) is 11.6. The third-order valence-corrected chi connectivity index (χ3v) is 4.67. The number of fused-ring (bicyclic) bond motifs is 1. The largest absolute Gasteiger partial charge is 0.376 e. The molecule has 1 aromatic carbocycles. The number of hydrogen-bond donors (Lipinski definition) is 0. The van der Waals surface area contributed by atoms with Crippen molar-refractivity contribution in [2.24, 2.45) is 5.92 Å². The Balaban J connectivity index is 1.83. The molecule has 0 saturated carbocycles. The fourth-order valence-electron chi connectivity index (χ4n) is 3.04. The minimum absolute atomic E-state index is 0.0124. The number of hydrogen-bond acceptors (Lipinski definition) is 1. The van der Waals surface area contributed by atoms with Crippen molar-refractivity contribution in [1.29, 1.82) is 0 Å². The first-order valence-corrected chi connectivity index (χ1v) is 7.07. The Kier molecular flexibility index (Phi) is 3.14. The van der Waals surface area contributed by atoms with Crippen molar-refractivity contribution < 1.29 is 4.74 Å². The average Bonchev–Trinajstić information content (AvgIpc) is 2.95. The summed E-state index contributed by atoms with van der Waals surface area (Å²) in [6.45, 7) is 3.10. The summed E-state index contributed by atoms with van der Waals surface area (Å²) in [6, 6.07) is 6.75. The maximum absolute atomic E-state index is 6.58. The lowest BCUT2D eigenvalue weighted by atomic mass is 9.95. The van der Waals surface area contributed by atoms with E-state index in [1.54, 1.807) is 0 Å². The predicted molar refractivity (Wildman–Crippen MR) is 70.6 cm³/mol. The Morgan fingerprint density at radius 2 is 2.12 bits per heavy atom. The van der Waals surface area contributed by atoms with Crippen molar-refractivity contribution in [3.05, 3.63) is 34.9 Å². The van der Waals surface area contributed by atoms with Crippen molar-refractivity contribution in [3.63, 3.8) is 0 Å². The van der Waals surface area contributed by atoms with Crippen LogP contribution in [0.5, 0.6) is 0 Å². The lowest BCUT2D eigenvalue weighted by molar-refractivity contribution is 0.0903. The number of aryl methyl sites for hydroxylation is 2. The highest BCUT2D eigenvalue weighted by Gasteiger charge is 2.32. The molecule has 17 heavy (non-hydrogen) atoms. The molecule has 1 saturated heterocycles. The minimum Gasteiger partial charge on any atom is -0.376 e. The van der Waals surface area contributed by atoms with E-state index < -0.39 is 0 Å². The lowest BCUT2D eigenvalue weighted by Crippen LogP contribution is -2.19. The summed E-state index contributed by atoms with van der Waals surface area (Å²) in [5, 5.41) is 0.0124. The van der Waals surface area contributed by atoms with Gasteiger partial charge in [-0.3, -0.25) is 0 Å². The number of alkyl halides is 1. The van der Waals surface area contributed by atoms with Crippen LogP contribution in [0.25, 0.3) is 0 Å². The Morgan fingerprint density at radius 1 is 1.29 bits per heavy atom. The fraction of sp³-hybridized carbons (Fsp3) is 0.600. The van der Waals surface area contributed by atoms with Gasteiger partial charge in [0.2, 0.25) is 0 Å². The second kappa shape index (κ2) is 4.62. The third kappa shape index (κ3) is 2.11. The van der Waals surface area contributed by atoms with E-state index in [0.29, 0.717) is 5.92 Å². The molecular formula is C15H19ClO. The molecule has 1 fully saturated rings. The summed E-state index contributed by atoms with van der Waals surface area (Å²) in [7, 11) is 0. The van der Waals surface area contributed by atoms with Crippen molar-refractivity contribution in [3.8, 4) is 0 Å². The van der Waals surface area contributed by atoms with Crippen LogP contribution >= 0.6 is 11.6 Å². The lowest BCUT2D eigenvalue weighted by Gasteiger charge is -2.21. The molecule has 3 unspecified atom stereocenters. The molecule has 92 valence electrons. The number of rotatable bonds is 2. The van der Waals surface area contributed by atoms with Gasteiger partial charge < -0.3 is 4.74 Å². The highest BCUT2D eigenvalue weighted by atomic mass is 35.5. The quantitative estimate of drug-likeness (QED) is 0.724. The van der Waals surface area contributed by atoms with Crippen LogP contribution in [0.2, 0.25) is 0 Å². The van der Waals surface area contributed by atoms with Gasteiger partial charge in [0.25, 0.3) is 0 Å². The van der Waals surface area contributed by atoms with Crippen molar-refractivity contribution in [2.45, 2.75) is 44.1 Å². The Bertz CT molecular complexity index is 415. The van der Waals surface area contributed by atoms with Gasteiger partial charge in [-0.15, -0.1) is 11.6 Å². The Hall–Kier alpha value is -0.530. The first-order chi connectivity index (χ1) is 8.25. The second-order valence-electron chi connectivity index (χ2n) is 5.38. The van der Waals surface area contributed by atoms with E-state index in [0.717, 1.165) is 13.0 Å². The summed E-state index contributed by atoms with van der Waals surface area (Å²) < 4.78 is 5.77. The molecule has 0 amide bonds. The summed E-state index contributed by atoms with van der Waals surface area (Å²) >= 11 is 6.58.